The minimum Gasteiger partial charge on any atom is -0.410 e. The number of carbonyl (C=O) groups excluding carboxylic acids is 2. The van der Waals surface area contributed by atoms with Crippen LogP contribution in [0.4, 0.5) is 4.79 Å². The summed E-state index contributed by atoms with van der Waals surface area (Å²) in [6, 6.07) is 24.5. The highest BCUT2D eigenvalue weighted by molar-refractivity contribution is 6.10. The van der Waals surface area contributed by atoms with Gasteiger partial charge in [0.25, 0.3) is 5.91 Å². The lowest BCUT2D eigenvalue weighted by Crippen LogP contribution is -2.48. The van der Waals surface area contributed by atoms with Crippen LogP contribution in [0.2, 0.25) is 0 Å². The molecule has 0 radical (unpaired) electrons. The number of amides is 2. The average molecular weight is 556 g/mol. The van der Waals surface area contributed by atoms with E-state index in [4.69, 9.17) is 9.47 Å². The molecule has 1 N–H and O–H groups in total. The Morgan fingerprint density at radius 1 is 1.07 bits per heavy atom. The van der Waals surface area contributed by atoms with E-state index in [9.17, 15) is 14.7 Å². The maximum atomic E-state index is 14.4. The van der Waals surface area contributed by atoms with Crippen molar-refractivity contribution in [3.63, 3.8) is 0 Å². The van der Waals surface area contributed by atoms with Crippen LogP contribution in [-0.4, -0.2) is 70.4 Å². The summed E-state index contributed by atoms with van der Waals surface area (Å²) in [6.45, 7) is 4.59. The largest absolute Gasteiger partial charge is 0.415 e. The maximum Gasteiger partial charge on any atom is 0.415 e. The molecule has 5 rings (SSSR count). The topological polar surface area (TPSA) is 84.2 Å². The van der Waals surface area contributed by atoms with Crippen LogP contribution in [0.1, 0.15) is 29.9 Å². The number of benzene rings is 3. The molecular formula is C33H37N3O5. The Bertz CT molecular complexity index is 1530. The van der Waals surface area contributed by atoms with Gasteiger partial charge in [0.15, 0.2) is 0 Å². The number of aromatic nitrogens is 1. The third kappa shape index (κ3) is 5.71. The van der Waals surface area contributed by atoms with Gasteiger partial charge in [-0.1, -0.05) is 67.6 Å². The van der Waals surface area contributed by atoms with Gasteiger partial charge in [0.2, 0.25) is 0 Å². The first-order chi connectivity index (χ1) is 19.8. The van der Waals surface area contributed by atoms with Crippen molar-refractivity contribution in [2.24, 2.45) is 13.0 Å². The summed E-state index contributed by atoms with van der Waals surface area (Å²) >= 11 is 0. The standard InChI is InChI=1S/C33H37N3O5/c1-22-18-36(23(2)20-37)32(38)31-30(27-16-10-11-17-28(27)35(31)4)26-15-9-8-12-24(26)21-40-29(22)19-34(3)33(39)41-25-13-6-5-7-14-25/h5-17,22-23,29,37H,18-21H2,1-4H3/t22-,23+,29-/m0/s1. The first-order valence-electron chi connectivity index (χ1n) is 14.0. The molecule has 1 aliphatic rings. The van der Waals surface area contributed by atoms with Crippen LogP contribution in [0, 0.1) is 5.92 Å². The molecule has 41 heavy (non-hydrogen) atoms. The van der Waals surface area contributed by atoms with E-state index in [-0.39, 0.29) is 25.0 Å². The van der Waals surface area contributed by atoms with Gasteiger partial charge < -0.3 is 28.9 Å². The fourth-order valence-electron chi connectivity index (χ4n) is 5.54. The minimum atomic E-state index is -0.489. The number of ether oxygens (including phenoxy) is 2. The van der Waals surface area contributed by atoms with E-state index in [1.807, 2.05) is 92.2 Å². The number of fused-ring (bicyclic) bond motifs is 5. The zero-order valence-corrected chi connectivity index (χ0v) is 24.0. The highest BCUT2D eigenvalue weighted by Crippen LogP contribution is 2.38. The third-order valence-electron chi connectivity index (χ3n) is 7.94. The molecule has 2 amide bonds. The van der Waals surface area contributed by atoms with Gasteiger partial charge >= 0.3 is 6.09 Å². The number of hydrogen-bond donors (Lipinski definition) is 1. The maximum absolute atomic E-state index is 14.4. The van der Waals surface area contributed by atoms with Gasteiger partial charge in [-0.3, -0.25) is 4.79 Å². The summed E-state index contributed by atoms with van der Waals surface area (Å²) in [5.41, 5.74) is 4.27. The first kappa shape index (κ1) is 28.4. The molecule has 2 heterocycles. The molecule has 0 saturated heterocycles. The normalized spacial score (nSPS) is 18.3. The van der Waals surface area contributed by atoms with Crippen LogP contribution in [0.15, 0.2) is 78.9 Å². The van der Waals surface area contributed by atoms with Crippen LogP contribution >= 0.6 is 0 Å². The smallest absolute Gasteiger partial charge is 0.410 e. The Hall–Kier alpha value is -4.14. The van der Waals surface area contributed by atoms with E-state index in [0.29, 0.717) is 24.6 Å². The molecule has 214 valence electrons. The van der Waals surface area contributed by atoms with Crippen molar-refractivity contribution in [3.05, 3.63) is 90.1 Å². The number of hydrogen-bond acceptors (Lipinski definition) is 5. The van der Waals surface area contributed by atoms with Gasteiger partial charge in [0.1, 0.15) is 11.4 Å². The second kappa shape index (κ2) is 12.2. The lowest BCUT2D eigenvalue weighted by molar-refractivity contribution is -0.0206. The van der Waals surface area contributed by atoms with Crippen molar-refractivity contribution in [3.8, 4) is 16.9 Å². The first-order valence-corrected chi connectivity index (χ1v) is 14.0. The van der Waals surface area contributed by atoms with Crippen molar-refractivity contribution in [1.82, 2.24) is 14.4 Å². The monoisotopic (exact) mass is 555 g/mol. The fraction of sp³-hybridized carbons (Fsp3) is 0.333. The molecule has 8 heteroatoms. The summed E-state index contributed by atoms with van der Waals surface area (Å²) in [5.74, 6) is 0.149. The number of aryl methyl sites for hydroxylation is 1. The zero-order chi connectivity index (χ0) is 29.1. The van der Waals surface area contributed by atoms with Crippen molar-refractivity contribution < 1.29 is 24.2 Å². The second-order valence-electron chi connectivity index (χ2n) is 10.8. The molecule has 0 fully saturated rings. The van der Waals surface area contributed by atoms with E-state index in [2.05, 4.69) is 0 Å². The highest BCUT2D eigenvalue weighted by Gasteiger charge is 2.34. The summed E-state index contributed by atoms with van der Waals surface area (Å²) in [7, 11) is 3.60. The van der Waals surface area contributed by atoms with Gasteiger partial charge in [0, 0.05) is 43.0 Å². The molecule has 4 aromatic rings. The lowest BCUT2D eigenvalue weighted by atomic mass is 9.96. The van der Waals surface area contributed by atoms with Crippen LogP contribution in [0.5, 0.6) is 5.75 Å². The SMILES string of the molecule is C[C@H](CO)N1C[C@H](C)[C@H](CN(C)C(=O)Oc2ccccc2)OCc2ccccc2-c2c(n(C)c3ccccc23)C1=O. The molecule has 3 atom stereocenters. The Balaban J connectivity index is 1.55. The van der Waals surface area contributed by atoms with Crippen molar-refractivity contribution in [2.45, 2.75) is 32.6 Å². The number of nitrogens with zero attached hydrogens (tertiary/aromatic N) is 3. The van der Waals surface area contributed by atoms with Crippen LogP contribution in [0.3, 0.4) is 0 Å². The van der Waals surface area contributed by atoms with Crippen molar-refractivity contribution in [2.75, 3.05) is 26.7 Å². The molecule has 0 spiro atoms. The molecule has 0 unspecified atom stereocenters. The van der Waals surface area contributed by atoms with E-state index >= 15 is 0 Å². The molecular weight excluding hydrogens is 518 g/mol. The number of aliphatic hydroxyl groups is 1. The Kier molecular flexibility index (Phi) is 8.42. The predicted molar refractivity (Wildman–Crippen MR) is 159 cm³/mol. The minimum absolute atomic E-state index is 0.153. The Labute approximate surface area is 240 Å². The van der Waals surface area contributed by atoms with Gasteiger partial charge in [-0.15, -0.1) is 0 Å². The fourth-order valence-corrected chi connectivity index (χ4v) is 5.54. The van der Waals surface area contributed by atoms with Crippen LogP contribution < -0.4 is 4.74 Å². The van der Waals surface area contributed by atoms with Gasteiger partial charge in [0.05, 0.1) is 31.9 Å². The van der Waals surface area contributed by atoms with Gasteiger partial charge in [-0.25, -0.2) is 4.79 Å². The van der Waals surface area contributed by atoms with E-state index in [1.165, 1.54) is 4.90 Å². The molecule has 3 aromatic carbocycles. The molecule has 1 aromatic heterocycles. The van der Waals surface area contributed by atoms with Crippen LogP contribution in [-0.2, 0) is 18.4 Å². The quantitative estimate of drug-likeness (QED) is 0.360. The summed E-state index contributed by atoms with van der Waals surface area (Å²) < 4.78 is 14.1. The van der Waals surface area contributed by atoms with Gasteiger partial charge in [-0.2, -0.15) is 0 Å². The van der Waals surface area contributed by atoms with Crippen molar-refractivity contribution in [1.29, 1.82) is 0 Å². The lowest BCUT2D eigenvalue weighted by Gasteiger charge is -2.34. The molecule has 0 bridgehead atoms. The van der Waals surface area contributed by atoms with E-state index in [1.54, 1.807) is 24.1 Å². The van der Waals surface area contributed by atoms with Crippen LogP contribution in [0.25, 0.3) is 22.0 Å². The summed E-state index contributed by atoms with van der Waals surface area (Å²) in [6.07, 6.45) is -0.896. The molecule has 1 aliphatic heterocycles. The zero-order valence-electron chi connectivity index (χ0n) is 24.0. The second-order valence-corrected chi connectivity index (χ2v) is 10.8. The number of likely N-dealkylation sites (N-methyl/N-ethyl adjacent to an activating group) is 1. The third-order valence-corrected chi connectivity index (χ3v) is 7.94. The van der Waals surface area contributed by atoms with E-state index in [0.717, 1.165) is 27.6 Å². The van der Waals surface area contributed by atoms with E-state index < -0.39 is 18.2 Å². The van der Waals surface area contributed by atoms with Gasteiger partial charge in [-0.05, 0) is 36.2 Å². The predicted octanol–water partition coefficient (Wildman–Crippen LogP) is 5.33. The van der Waals surface area contributed by atoms with Crippen molar-refractivity contribution >= 4 is 22.9 Å². The Morgan fingerprint density at radius 2 is 1.76 bits per heavy atom. The summed E-state index contributed by atoms with van der Waals surface area (Å²) in [4.78, 5) is 30.6. The molecule has 0 saturated carbocycles. The average Bonchev–Trinajstić information content (AvgIpc) is 3.28. The number of rotatable bonds is 5. The number of aliphatic hydroxyl groups excluding tert-OH is 1. The highest BCUT2D eigenvalue weighted by atomic mass is 16.6. The Morgan fingerprint density at radius 3 is 2.51 bits per heavy atom. The molecule has 0 aliphatic carbocycles. The summed E-state index contributed by atoms with van der Waals surface area (Å²) in [5, 5.41) is 11.2. The number of carbonyl (C=O) groups is 2. The number of para-hydroxylation sites is 2. The molecule has 8 nitrogen and oxygen atoms in total.